The number of allylic oxidation sites excluding steroid dienone is 1. The summed E-state index contributed by atoms with van der Waals surface area (Å²) < 4.78 is 44.6. The monoisotopic (exact) mass is 382 g/mol. The Kier molecular flexibility index (Phi) is 5.88. The van der Waals surface area contributed by atoms with Crippen LogP contribution in [0.2, 0.25) is 0 Å². The zero-order valence-corrected chi connectivity index (χ0v) is 15.8. The lowest BCUT2D eigenvalue weighted by Gasteiger charge is -2.19. The van der Waals surface area contributed by atoms with Crippen molar-refractivity contribution in [3.63, 3.8) is 0 Å². The molecule has 0 aliphatic heterocycles. The van der Waals surface area contributed by atoms with E-state index in [1.165, 1.54) is 12.1 Å². The summed E-state index contributed by atoms with van der Waals surface area (Å²) in [6.45, 7) is 2.04. The first-order valence-corrected chi connectivity index (χ1v) is 9.05. The van der Waals surface area contributed by atoms with E-state index in [0.29, 0.717) is 5.75 Å². The zero-order valence-electron chi connectivity index (χ0n) is 15.8. The summed E-state index contributed by atoms with van der Waals surface area (Å²) in [7, 11) is 1.59. The number of para-hydroxylation sites is 1. The van der Waals surface area contributed by atoms with E-state index in [1.54, 1.807) is 7.11 Å². The van der Waals surface area contributed by atoms with Gasteiger partial charge in [-0.1, -0.05) is 67.6 Å². The highest BCUT2D eigenvalue weighted by Gasteiger charge is 2.30. The third-order valence-corrected chi connectivity index (χ3v) is 4.65. The average Bonchev–Trinajstić information content (AvgIpc) is 2.72. The van der Waals surface area contributed by atoms with Crippen LogP contribution < -0.4 is 4.74 Å². The van der Waals surface area contributed by atoms with Crippen LogP contribution >= 0.6 is 0 Å². The molecule has 0 bridgehead atoms. The van der Waals surface area contributed by atoms with Crippen molar-refractivity contribution in [2.75, 3.05) is 7.11 Å². The van der Waals surface area contributed by atoms with Crippen molar-refractivity contribution in [2.24, 2.45) is 0 Å². The molecule has 0 heterocycles. The normalized spacial score (nSPS) is 12.5. The smallest absolute Gasteiger partial charge is 0.416 e. The van der Waals surface area contributed by atoms with Crippen molar-refractivity contribution < 1.29 is 17.9 Å². The van der Waals surface area contributed by atoms with Crippen molar-refractivity contribution in [3.8, 4) is 5.75 Å². The van der Waals surface area contributed by atoms with Crippen molar-refractivity contribution >= 4 is 11.1 Å². The Morgan fingerprint density at radius 1 is 0.786 bits per heavy atom. The SMILES string of the molecule is CC/C(=C(/c1ccc(C(F)(F)F)cc1)c1ccccc1OC)c1ccccc1. The van der Waals surface area contributed by atoms with Crippen LogP contribution in [0.5, 0.6) is 5.75 Å². The van der Waals surface area contributed by atoms with Gasteiger partial charge in [-0.15, -0.1) is 0 Å². The van der Waals surface area contributed by atoms with Crippen LogP contribution in [0.4, 0.5) is 13.2 Å². The topological polar surface area (TPSA) is 9.23 Å². The predicted octanol–water partition coefficient (Wildman–Crippen LogP) is 7.08. The minimum atomic E-state index is -4.36. The molecule has 0 aromatic heterocycles. The van der Waals surface area contributed by atoms with E-state index in [2.05, 4.69) is 0 Å². The van der Waals surface area contributed by atoms with E-state index in [-0.39, 0.29) is 0 Å². The van der Waals surface area contributed by atoms with Gasteiger partial charge in [0.1, 0.15) is 5.75 Å². The fraction of sp³-hybridized carbons (Fsp3) is 0.167. The number of halogens is 3. The summed E-state index contributed by atoms with van der Waals surface area (Å²) in [6, 6.07) is 22.8. The van der Waals surface area contributed by atoms with Crippen molar-refractivity contribution in [3.05, 3.63) is 101 Å². The Morgan fingerprint density at radius 2 is 1.39 bits per heavy atom. The van der Waals surface area contributed by atoms with Crippen LogP contribution in [0.1, 0.15) is 35.6 Å². The fourth-order valence-electron chi connectivity index (χ4n) is 3.33. The molecule has 28 heavy (non-hydrogen) atoms. The van der Waals surface area contributed by atoms with E-state index < -0.39 is 11.7 Å². The maximum Gasteiger partial charge on any atom is 0.416 e. The number of rotatable bonds is 5. The predicted molar refractivity (Wildman–Crippen MR) is 107 cm³/mol. The molecule has 0 unspecified atom stereocenters. The first-order chi connectivity index (χ1) is 13.5. The molecule has 3 aromatic carbocycles. The molecule has 0 radical (unpaired) electrons. The van der Waals surface area contributed by atoms with Gasteiger partial charge in [-0.3, -0.25) is 0 Å². The number of benzene rings is 3. The van der Waals surface area contributed by atoms with E-state index in [0.717, 1.165) is 46.4 Å². The summed E-state index contributed by atoms with van der Waals surface area (Å²) in [5, 5.41) is 0. The van der Waals surface area contributed by atoms with Gasteiger partial charge in [0.2, 0.25) is 0 Å². The Labute approximate surface area is 163 Å². The van der Waals surface area contributed by atoms with Crippen LogP contribution in [0, 0.1) is 0 Å². The molecular formula is C24H21F3O. The molecule has 0 fully saturated rings. The molecule has 0 N–H and O–H groups in total. The number of ether oxygens (including phenoxy) is 1. The molecule has 144 valence electrons. The Hall–Kier alpha value is -3.01. The maximum absolute atomic E-state index is 13.0. The molecule has 3 aromatic rings. The molecule has 1 nitrogen and oxygen atoms in total. The third-order valence-electron chi connectivity index (χ3n) is 4.65. The van der Waals surface area contributed by atoms with Crippen LogP contribution in [0.15, 0.2) is 78.9 Å². The van der Waals surface area contributed by atoms with Gasteiger partial charge in [0, 0.05) is 5.56 Å². The van der Waals surface area contributed by atoms with Crippen molar-refractivity contribution in [1.82, 2.24) is 0 Å². The van der Waals surface area contributed by atoms with Gasteiger partial charge in [0.25, 0.3) is 0 Å². The number of hydrogen-bond donors (Lipinski definition) is 0. The van der Waals surface area contributed by atoms with E-state index in [9.17, 15) is 13.2 Å². The summed E-state index contributed by atoms with van der Waals surface area (Å²) in [6.07, 6.45) is -3.64. The standard InChI is InChI=1S/C24H21F3O/c1-3-20(17-9-5-4-6-10-17)23(21-11-7-8-12-22(21)28-2)18-13-15-19(16-14-18)24(25,26)27/h4-16H,3H2,1-2H3/b23-20+. The molecule has 0 amide bonds. The van der Waals surface area contributed by atoms with Crippen molar-refractivity contribution in [1.29, 1.82) is 0 Å². The highest BCUT2D eigenvalue weighted by atomic mass is 19.4. The quantitative estimate of drug-likeness (QED) is 0.428. The van der Waals surface area contributed by atoms with Gasteiger partial charge in [-0.2, -0.15) is 13.2 Å². The third kappa shape index (κ3) is 4.11. The second kappa shape index (κ2) is 8.34. The van der Waals surface area contributed by atoms with Crippen LogP contribution in [-0.4, -0.2) is 7.11 Å². The molecule has 0 aliphatic carbocycles. The summed E-state index contributed by atoms with van der Waals surface area (Å²) in [5.41, 5.74) is 3.87. The Balaban J connectivity index is 2.27. The molecular weight excluding hydrogens is 361 g/mol. The van der Waals surface area contributed by atoms with Gasteiger partial charge in [0.05, 0.1) is 12.7 Å². The maximum atomic E-state index is 13.0. The molecule has 0 saturated heterocycles. The van der Waals surface area contributed by atoms with E-state index in [4.69, 9.17) is 4.74 Å². The highest BCUT2D eigenvalue weighted by Crippen LogP contribution is 2.39. The van der Waals surface area contributed by atoms with Gasteiger partial charge in [-0.05, 0) is 46.9 Å². The van der Waals surface area contributed by atoms with Gasteiger partial charge < -0.3 is 4.74 Å². The van der Waals surface area contributed by atoms with Crippen LogP contribution in [0.3, 0.4) is 0 Å². The first-order valence-electron chi connectivity index (χ1n) is 9.05. The summed E-state index contributed by atoms with van der Waals surface area (Å²) >= 11 is 0. The number of hydrogen-bond acceptors (Lipinski definition) is 1. The largest absolute Gasteiger partial charge is 0.496 e. The molecule has 0 saturated carbocycles. The van der Waals surface area contributed by atoms with Crippen molar-refractivity contribution in [2.45, 2.75) is 19.5 Å². The summed E-state index contributed by atoms with van der Waals surface area (Å²) in [5.74, 6) is 0.680. The molecule has 3 rings (SSSR count). The second-order valence-corrected chi connectivity index (χ2v) is 6.35. The molecule has 0 aliphatic rings. The van der Waals surface area contributed by atoms with Crippen LogP contribution in [-0.2, 0) is 6.18 Å². The van der Waals surface area contributed by atoms with Gasteiger partial charge in [-0.25, -0.2) is 0 Å². The first kappa shape index (κ1) is 19.7. The molecule has 0 atom stereocenters. The second-order valence-electron chi connectivity index (χ2n) is 6.35. The van der Waals surface area contributed by atoms with Gasteiger partial charge in [0.15, 0.2) is 0 Å². The fourth-order valence-corrected chi connectivity index (χ4v) is 3.33. The number of alkyl halides is 3. The lowest BCUT2D eigenvalue weighted by Crippen LogP contribution is -2.05. The minimum absolute atomic E-state index is 0.659. The molecule has 0 spiro atoms. The van der Waals surface area contributed by atoms with Crippen LogP contribution in [0.25, 0.3) is 11.1 Å². The Morgan fingerprint density at radius 3 is 1.96 bits per heavy atom. The van der Waals surface area contributed by atoms with Gasteiger partial charge >= 0.3 is 6.18 Å². The number of methoxy groups -OCH3 is 1. The Bertz CT molecular complexity index is 955. The van der Waals surface area contributed by atoms with E-state index in [1.807, 2.05) is 61.5 Å². The zero-order chi connectivity index (χ0) is 20.1. The summed E-state index contributed by atoms with van der Waals surface area (Å²) in [4.78, 5) is 0. The average molecular weight is 382 g/mol. The minimum Gasteiger partial charge on any atom is -0.496 e. The molecule has 4 heteroatoms. The highest BCUT2D eigenvalue weighted by molar-refractivity contribution is 5.99. The lowest BCUT2D eigenvalue weighted by atomic mass is 9.87. The lowest BCUT2D eigenvalue weighted by molar-refractivity contribution is -0.137. The van der Waals surface area contributed by atoms with E-state index >= 15 is 0 Å².